The second kappa shape index (κ2) is 2.20. The summed E-state index contributed by atoms with van der Waals surface area (Å²) in [6.45, 7) is 4.73. The quantitative estimate of drug-likeness (QED) is 0.622. The zero-order valence-electron chi connectivity index (χ0n) is 7.21. The summed E-state index contributed by atoms with van der Waals surface area (Å²) in [6, 6.07) is 0. The van der Waals surface area contributed by atoms with Gasteiger partial charge in [-0.3, -0.25) is 0 Å². The molecular weight excluding hydrogens is 140 g/mol. The number of ether oxygens (including phenoxy) is 1. The molecule has 0 spiro atoms. The average Bonchev–Trinajstić information content (AvgIpc) is 2.77. The van der Waals surface area contributed by atoms with Gasteiger partial charge in [-0.15, -0.1) is 0 Å². The fourth-order valence-electron chi connectivity index (χ4n) is 1.94. The van der Waals surface area contributed by atoms with Gasteiger partial charge in [0.25, 0.3) is 0 Å². The van der Waals surface area contributed by atoms with Gasteiger partial charge in [-0.2, -0.15) is 0 Å². The zero-order valence-corrected chi connectivity index (χ0v) is 7.21. The third-order valence-electron chi connectivity index (χ3n) is 3.26. The third kappa shape index (κ3) is 1.30. The maximum atomic E-state index is 8.90. The van der Waals surface area contributed by atoms with E-state index in [0.717, 1.165) is 6.42 Å². The number of hydrogen-bond acceptors (Lipinski definition) is 2. The lowest BCUT2D eigenvalue weighted by Gasteiger charge is -2.06. The SMILES string of the molecule is CC1OC1CC1(C)CC1CO. The molecule has 1 aliphatic heterocycles. The summed E-state index contributed by atoms with van der Waals surface area (Å²) in [5, 5.41) is 8.90. The van der Waals surface area contributed by atoms with Gasteiger partial charge in [0.05, 0.1) is 12.2 Å². The maximum absolute atomic E-state index is 8.90. The molecule has 2 nitrogen and oxygen atoms in total. The van der Waals surface area contributed by atoms with Crippen LogP contribution in [0.25, 0.3) is 0 Å². The van der Waals surface area contributed by atoms with Crippen molar-refractivity contribution >= 4 is 0 Å². The van der Waals surface area contributed by atoms with Crippen LogP contribution in [0.2, 0.25) is 0 Å². The van der Waals surface area contributed by atoms with Gasteiger partial charge in [0, 0.05) is 6.61 Å². The Hall–Kier alpha value is -0.0800. The molecule has 2 rings (SSSR count). The number of hydrogen-bond donors (Lipinski definition) is 1. The van der Waals surface area contributed by atoms with Crippen LogP contribution in [0.3, 0.4) is 0 Å². The lowest BCUT2D eigenvalue weighted by Crippen LogP contribution is -2.06. The van der Waals surface area contributed by atoms with Crippen LogP contribution in [0.5, 0.6) is 0 Å². The van der Waals surface area contributed by atoms with Crippen LogP contribution in [-0.4, -0.2) is 23.9 Å². The molecule has 2 fully saturated rings. The first kappa shape index (κ1) is 7.56. The first-order valence-electron chi connectivity index (χ1n) is 4.42. The standard InChI is InChI=1S/C9H16O2/c1-6-8(11-6)4-9(2)3-7(9)5-10/h6-8,10H,3-5H2,1-2H3. The lowest BCUT2D eigenvalue weighted by atomic mass is 9.99. The van der Waals surface area contributed by atoms with Crippen LogP contribution >= 0.6 is 0 Å². The van der Waals surface area contributed by atoms with Crippen molar-refractivity contribution in [2.75, 3.05) is 6.61 Å². The molecular formula is C9H16O2. The molecule has 4 unspecified atom stereocenters. The van der Waals surface area contributed by atoms with Crippen molar-refractivity contribution in [1.82, 2.24) is 0 Å². The van der Waals surface area contributed by atoms with E-state index in [1.807, 2.05) is 0 Å². The Bertz CT molecular complexity index is 169. The molecule has 2 heteroatoms. The molecule has 11 heavy (non-hydrogen) atoms. The first-order chi connectivity index (χ1) is 5.15. The van der Waals surface area contributed by atoms with Crippen LogP contribution < -0.4 is 0 Å². The van der Waals surface area contributed by atoms with Crippen LogP contribution in [0.1, 0.15) is 26.7 Å². The summed E-state index contributed by atoms with van der Waals surface area (Å²) >= 11 is 0. The molecule has 4 atom stereocenters. The van der Waals surface area contributed by atoms with Crippen molar-refractivity contribution in [3.63, 3.8) is 0 Å². The van der Waals surface area contributed by atoms with E-state index in [4.69, 9.17) is 9.84 Å². The van der Waals surface area contributed by atoms with Gasteiger partial charge in [-0.25, -0.2) is 0 Å². The fraction of sp³-hybridized carbons (Fsp3) is 1.00. The molecule has 64 valence electrons. The van der Waals surface area contributed by atoms with Gasteiger partial charge in [0.15, 0.2) is 0 Å². The van der Waals surface area contributed by atoms with E-state index >= 15 is 0 Å². The highest BCUT2D eigenvalue weighted by atomic mass is 16.6. The first-order valence-corrected chi connectivity index (χ1v) is 4.42. The molecule has 0 aromatic carbocycles. The van der Waals surface area contributed by atoms with E-state index in [2.05, 4.69) is 13.8 Å². The largest absolute Gasteiger partial charge is 0.396 e. The zero-order chi connectivity index (χ0) is 8.06. The van der Waals surface area contributed by atoms with Crippen LogP contribution in [0.15, 0.2) is 0 Å². The van der Waals surface area contributed by atoms with Crippen molar-refractivity contribution < 1.29 is 9.84 Å². The molecule has 1 saturated carbocycles. The van der Waals surface area contributed by atoms with Gasteiger partial charge in [-0.05, 0) is 31.1 Å². The molecule has 1 aliphatic carbocycles. The summed E-state index contributed by atoms with van der Waals surface area (Å²) in [5.41, 5.74) is 0.407. The minimum atomic E-state index is 0.359. The van der Waals surface area contributed by atoms with Gasteiger partial charge in [0.2, 0.25) is 0 Å². The predicted octanol–water partition coefficient (Wildman–Crippen LogP) is 1.18. The van der Waals surface area contributed by atoms with Crippen molar-refractivity contribution in [1.29, 1.82) is 0 Å². The normalized spacial score (nSPS) is 54.3. The van der Waals surface area contributed by atoms with Crippen molar-refractivity contribution in [3.05, 3.63) is 0 Å². The second-order valence-electron chi connectivity index (χ2n) is 4.32. The Morgan fingerprint density at radius 3 is 2.64 bits per heavy atom. The fourth-order valence-corrected chi connectivity index (χ4v) is 1.94. The van der Waals surface area contributed by atoms with Crippen LogP contribution in [0, 0.1) is 11.3 Å². The molecule has 1 saturated heterocycles. The number of rotatable bonds is 3. The van der Waals surface area contributed by atoms with Gasteiger partial charge in [-0.1, -0.05) is 6.92 Å². The molecule has 1 N–H and O–H groups in total. The smallest absolute Gasteiger partial charge is 0.0844 e. The van der Waals surface area contributed by atoms with E-state index < -0.39 is 0 Å². The Morgan fingerprint density at radius 1 is 1.64 bits per heavy atom. The highest BCUT2D eigenvalue weighted by Crippen LogP contribution is 2.57. The molecule has 1 heterocycles. The Kier molecular flexibility index (Phi) is 1.52. The van der Waals surface area contributed by atoms with Gasteiger partial charge >= 0.3 is 0 Å². The molecule has 0 radical (unpaired) electrons. The Balaban J connectivity index is 1.79. The number of aliphatic hydroxyl groups excluding tert-OH is 1. The monoisotopic (exact) mass is 156 g/mol. The van der Waals surface area contributed by atoms with E-state index in [0.29, 0.717) is 30.1 Å². The summed E-state index contributed by atoms with van der Waals surface area (Å²) in [5.74, 6) is 0.555. The second-order valence-corrected chi connectivity index (χ2v) is 4.32. The Labute approximate surface area is 67.6 Å². The highest BCUT2D eigenvalue weighted by Gasteiger charge is 2.53. The topological polar surface area (TPSA) is 32.8 Å². The van der Waals surface area contributed by atoms with E-state index in [9.17, 15) is 0 Å². The van der Waals surface area contributed by atoms with Crippen LogP contribution in [-0.2, 0) is 4.74 Å². The molecule has 0 bridgehead atoms. The van der Waals surface area contributed by atoms with Gasteiger partial charge in [0.1, 0.15) is 0 Å². The van der Waals surface area contributed by atoms with E-state index in [1.54, 1.807) is 0 Å². The van der Waals surface area contributed by atoms with Crippen molar-refractivity contribution in [2.24, 2.45) is 11.3 Å². The minimum Gasteiger partial charge on any atom is -0.396 e. The number of aliphatic hydroxyl groups is 1. The molecule has 2 aliphatic rings. The summed E-state index contributed by atoms with van der Waals surface area (Å²) in [6.07, 6.45) is 3.32. The predicted molar refractivity (Wildman–Crippen MR) is 42.3 cm³/mol. The molecule has 0 aromatic heterocycles. The van der Waals surface area contributed by atoms with Crippen LogP contribution in [0.4, 0.5) is 0 Å². The van der Waals surface area contributed by atoms with E-state index in [-0.39, 0.29) is 0 Å². The lowest BCUT2D eigenvalue weighted by molar-refractivity contribution is 0.242. The summed E-state index contributed by atoms with van der Waals surface area (Å²) in [7, 11) is 0. The average molecular weight is 156 g/mol. The third-order valence-corrected chi connectivity index (χ3v) is 3.26. The molecule has 0 amide bonds. The highest BCUT2D eigenvalue weighted by molar-refractivity contribution is 5.02. The van der Waals surface area contributed by atoms with Crippen molar-refractivity contribution in [3.8, 4) is 0 Å². The summed E-state index contributed by atoms with van der Waals surface area (Å²) in [4.78, 5) is 0. The Morgan fingerprint density at radius 2 is 2.27 bits per heavy atom. The van der Waals surface area contributed by atoms with Crippen molar-refractivity contribution in [2.45, 2.75) is 38.9 Å². The number of epoxide rings is 1. The minimum absolute atomic E-state index is 0.359. The maximum Gasteiger partial charge on any atom is 0.0844 e. The molecule has 0 aromatic rings. The summed E-state index contributed by atoms with van der Waals surface area (Å²) < 4.78 is 5.34. The van der Waals surface area contributed by atoms with E-state index in [1.165, 1.54) is 6.42 Å². The van der Waals surface area contributed by atoms with Gasteiger partial charge < -0.3 is 9.84 Å².